The van der Waals surface area contributed by atoms with Gasteiger partial charge in [0.2, 0.25) is 0 Å². The Morgan fingerprint density at radius 1 is 0.842 bits per heavy atom. The number of hydrogen-bond acceptors (Lipinski definition) is 4. The monoisotopic (exact) mass is 504 g/mol. The number of benzene rings is 3. The van der Waals surface area contributed by atoms with E-state index in [1.807, 2.05) is 59.5 Å². The molecule has 2 aliphatic rings. The molecule has 0 atom stereocenters. The second-order valence-corrected chi connectivity index (χ2v) is 9.87. The number of nitriles is 1. The molecule has 4 aromatic rings. The quantitative estimate of drug-likeness (QED) is 0.335. The fraction of sp³-hybridized carbons (Fsp3) is 0.194. The molecule has 38 heavy (non-hydrogen) atoms. The first kappa shape index (κ1) is 23.7. The topological polar surface area (TPSA) is 89.0 Å². The Morgan fingerprint density at radius 3 is 2.24 bits per heavy atom. The zero-order chi connectivity index (χ0) is 26.3. The number of aromatic amines is 1. The molecule has 6 nitrogen and oxygen atoms in total. The number of anilines is 2. The van der Waals surface area contributed by atoms with Gasteiger partial charge in [-0.1, -0.05) is 42.8 Å². The van der Waals surface area contributed by atoms with Crippen LogP contribution in [0.4, 0.5) is 15.8 Å². The van der Waals surface area contributed by atoms with Crippen molar-refractivity contribution in [1.82, 2.24) is 4.98 Å². The van der Waals surface area contributed by atoms with Crippen LogP contribution >= 0.6 is 0 Å². The molecule has 1 fully saturated rings. The number of amides is 1. The number of hydrogen-bond donors (Lipinski definition) is 2. The van der Waals surface area contributed by atoms with Crippen molar-refractivity contribution in [3.63, 3.8) is 0 Å². The van der Waals surface area contributed by atoms with Gasteiger partial charge in [-0.25, -0.2) is 4.39 Å². The first-order chi connectivity index (χ1) is 18.5. The lowest BCUT2D eigenvalue weighted by Crippen LogP contribution is -2.61. The number of nitrogens with zero attached hydrogens (tertiary/aromatic N) is 2. The van der Waals surface area contributed by atoms with Crippen molar-refractivity contribution in [2.75, 3.05) is 10.2 Å². The summed E-state index contributed by atoms with van der Waals surface area (Å²) in [6.45, 7) is 0. The van der Waals surface area contributed by atoms with Crippen molar-refractivity contribution in [3.8, 4) is 28.5 Å². The highest BCUT2D eigenvalue weighted by Crippen LogP contribution is 2.43. The summed E-state index contributed by atoms with van der Waals surface area (Å²) in [6, 6.07) is 24.5. The minimum Gasteiger partial charge on any atom is -0.362 e. The number of para-hydroxylation sites is 1. The van der Waals surface area contributed by atoms with E-state index in [2.05, 4.69) is 10.3 Å². The molecule has 1 aromatic heterocycles. The highest BCUT2D eigenvalue weighted by Gasteiger charge is 2.45. The maximum Gasteiger partial charge on any atom is 0.266 e. The fourth-order valence-corrected chi connectivity index (χ4v) is 5.72. The normalized spacial score (nSPS) is 16.0. The number of nitrogens with one attached hydrogen (secondary N) is 2. The van der Waals surface area contributed by atoms with Gasteiger partial charge in [-0.05, 0) is 79.3 Å². The summed E-state index contributed by atoms with van der Waals surface area (Å²) in [5.74, 6) is -0.424. The van der Waals surface area contributed by atoms with Crippen LogP contribution in [0.2, 0.25) is 0 Å². The minimum absolute atomic E-state index is 0.0279. The molecule has 2 N–H and O–H groups in total. The highest BCUT2D eigenvalue weighted by atomic mass is 19.1. The molecule has 1 saturated carbocycles. The summed E-state index contributed by atoms with van der Waals surface area (Å²) in [4.78, 5) is 31.2. The van der Waals surface area contributed by atoms with Crippen molar-refractivity contribution in [2.45, 2.75) is 37.8 Å². The average molecular weight is 505 g/mol. The number of carbonyl (C=O) groups is 1. The number of rotatable bonds is 3. The number of fused-ring (bicyclic) bond motifs is 1. The van der Waals surface area contributed by atoms with E-state index in [0.717, 1.165) is 49.0 Å². The molecule has 1 aliphatic heterocycles. The van der Waals surface area contributed by atoms with E-state index in [1.54, 1.807) is 18.2 Å². The van der Waals surface area contributed by atoms with Gasteiger partial charge in [-0.2, -0.15) is 5.26 Å². The Balaban J connectivity index is 1.40. The van der Waals surface area contributed by atoms with E-state index < -0.39 is 17.0 Å². The van der Waals surface area contributed by atoms with Gasteiger partial charge < -0.3 is 10.3 Å². The van der Waals surface area contributed by atoms with E-state index in [-0.39, 0.29) is 11.5 Å². The Kier molecular flexibility index (Phi) is 5.80. The molecule has 1 aliphatic carbocycles. The van der Waals surface area contributed by atoms with Crippen LogP contribution in [0.15, 0.2) is 83.7 Å². The van der Waals surface area contributed by atoms with Crippen LogP contribution in [0.5, 0.6) is 0 Å². The predicted octanol–water partition coefficient (Wildman–Crippen LogP) is 6.45. The van der Waals surface area contributed by atoms with E-state index in [1.165, 1.54) is 12.1 Å². The number of pyridine rings is 1. The van der Waals surface area contributed by atoms with Crippen LogP contribution in [-0.4, -0.2) is 16.6 Å². The van der Waals surface area contributed by atoms with Crippen molar-refractivity contribution >= 4 is 17.3 Å². The molecule has 1 amide bonds. The van der Waals surface area contributed by atoms with Crippen LogP contribution in [0.25, 0.3) is 22.4 Å². The first-order valence-corrected chi connectivity index (χ1v) is 12.7. The van der Waals surface area contributed by atoms with Gasteiger partial charge >= 0.3 is 0 Å². The number of halogens is 1. The molecular formula is C31H25FN4O2. The van der Waals surface area contributed by atoms with Crippen LogP contribution in [0, 0.1) is 17.1 Å². The van der Waals surface area contributed by atoms with Crippen LogP contribution in [0.1, 0.15) is 48.0 Å². The molecule has 188 valence electrons. The van der Waals surface area contributed by atoms with Crippen LogP contribution in [0.3, 0.4) is 0 Å². The van der Waals surface area contributed by atoms with Crippen LogP contribution < -0.4 is 15.8 Å². The standard InChI is InChI=1S/C31H25FN4O2/c32-22-12-8-20(9-13-22)25-18-28(34-29(37)26(25)19-33)21-10-14-23(15-11-21)36-30(38)24-6-2-3-7-27(24)35-31(36)16-4-1-5-17-31/h2-3,6-15,18,35H,1,4-5,16-17H2,(H,34,37). The Bertz CT molecular complexity index is 1630. The Hall–Kier alpha value is -4.70. The van der Waals surface area contributed by atoms with E-state index in [4.69, 9.17) is 0 Å². The van der Waals surface area contributed by atoms with Gasteiger partial charge in [0.1, 0.15) is 23.1 Å². The molecule has 0 unspecified atom stereocenters. The smallest absolute Gasteiger partial charge is 0.266 e. The summed E-state index contributed by atoms with van der Waals surface area (Å²) < 4.78 is 13.5. The second-order valence-electron chi connectivity index (χ2n) is 9.87. The summed E-state index contributed by atoms with van der Waals surface area (Å²) in [6.07, 6.45) is 4.94. The average Bonchev–Trinajstić information content (AvgIpc) is 2.94. The lowest BCUT2D eigenvalue weighted by molar-refractivity contribution is 0.0938. The molecule has 2 heterocycles. The molecule has 1 spiro atoms. The van der Waals surface area contributed by atoms with E-state index in [0.29, 0.717) is 22.4 Å². The number of aromatic nitrogens is 1. The predicted molar refractivity (Wildman–Crippen MR) is 145 cm³/mol. The summed E-state index contributed by atoms with van der Waals surface area (Å²) in [5.41, 5.74) is 3.54. The fourth-order valence-electron chi connectivity index (χ4n) is 5.72. The zero-order valence-corrected chi connectivity index (χ0v) is 20.6. The van der Waals surface area contributed by atoms with Crippen molar-refractivity contribution < 1.29 is 9.18 Å². The second kappa shape index (κ2) is 9.31. The SMILES string of the molecule is N#Cc1c(-c2ccc(F)cc2)cc(-c2ccc(N3C(=O)c4ccccc4NC34CCCCC4)cc2)[nH]c1=O. The first-order valence-electron chi connectivity index (χ1n) is 12.7. The Labute approximate surface area is 219 Å². The van der Waals surface area contributed by atoms with Crippen LogP contribution in [-0.2, 0) is 0 Å². The van der Waals surface area contributed by atoms with Gasteiger partial charge in [0.05, 0.1) is 5.56 Å². The lowest BCUT2D eigenvalue weighted by atomic mass is 9.84. The lowest BCUT2D eigenvalue weighted by Gasteiger charge is -2.50. The zero-order valence-electron chi connectivity index (χ0n) is 20.6. The molecule has 0 bridgehead atoms. The van der Waals surface area contributed by atoms with Crippen molar-refractivity contribution in [1.29, 1.82) is 5.26 Å². The van der Waals surface area contributed by atoms with Crippen molar-refractivity contribution in [2.24, 2.45) is 0 Å². The number of carbonyl (C=O) groups excluding carboxylic acids is 1. The summed E-state index contributed by atoms with van der Waals surface area (Å²) in [5, 5.41) is 13.3. The number of H-pyrrole nitrogens is 1. The summed E-state index contributed by atoms with van der Waals surface area (Å²) in [7, 11) is 0. The maximum atomic E-state index is 13.8. The third-order valence-corrected chi connectivity index (χ3v) is 7.57. The third-order valence-electron chi connectivity index (χ3n) is 7.57. The highest BCUT2D eigenvalue weighted by molar-refractivity contribution is 6.12. The summed E-state index contributed by atoms with van der Waals surface area (Å²) >= 11 is 0. The third kappa shape index (κ3) is 3.95. The molecular weight excluding hydrogens is 479 g/mol. The van der Waals surface area contributed by atoms with Gasteiger partial charge in [0.25, 0.3) is 11.5 Å². The van der Waals surface area contributed by atoms with E-state index >= 15 is 0 Å². The Morgan fingerprint density at radius 2 is 1.53 bits per heavy atom. The van der Waals surface area contributed by atoms with Gasteiger partial charge in [-0.15, -0.1) is 0 Å². The van der Waals surface area contributed by atoms with Gasteiger partial charge in [-0.3, -0.25) is 14.5 Å². The molecule has 3 aromatic carbocycles. The maximum absolute atomic E-state index is 13.8. The van der Waals surface area contributed by atoms with E-state index in [9.17, 15) is 19.2 Å². The molecule has 0 radical (unpaired) electrons. The molecule has 7 heteroatoms. The van der Waals surface area contributed by atoms with Gasteiger partial charge in [0.15, 0.2) is 0 Å². The largest absolute Gasteiger partial charge is 0.362 e. The molecule has 0 saturated heterocycles. The van der Waals surface area contributed by atoms with Crippen molar-refractivity contribution in [3.05, 3.63) is 106 Å². The van der Waals surface area contributed by atoms with Gasteiger partial charge in [0, 0.05) is 22.6 Å². The molecule has 6 rings (SSSR count). The minimum atomic E-state index is -0.512.